The van der Waals surface area contributed by atoms with Crippen LogP contribution in [0, 0.1) is 0 Å². The fourth-order valence-corrected chi connectivity index (χ4v) is 1.72. The molecule has 10 heteroatoms. The van der Waals surface area contributed by atoms with Crippen molar-refractivity contribution in [1.82, 2.24) is 5.32 Å². The Bertz CT molecular complexity index is 580. The van der Waals surface area contributed by atoms with Gasteiger partial charge < -0.3 is 37.2 Å². The predicted molar refractivity (Wildman–Crippen MR) is 89.2 cm³/mol. The molecule has 1 aromatic rings. The van der Waals surface area contributed by atoms with Crippen LogP contribution in [0.15, 0.2) is 24.3 Å². The van der Waals surface area contributed by atoms with Gasteiger partial charge in [0, 0.05) is 25.2 Å². The van der Waals surface area contributed by atoms with Crippen molar-refractivity contribution in [3.8, 4) is 0 Å². The molecule has 2 atom stereocenters. The molecule has 1 aliphatic heterocycles. The van der Waals surface area contributed by atoms with Crippen molar-refractivity contribution in [2.45, 2.75) is 25.0 Å². The molecule has 1 heterocycles. The molecule has 9 N–H and O–H groups in total. The van der Waals surface area contributed by atoms with Crippen LogP contribution in [-0.4, -0.2) is 63.6 Å². The molecule has 0 saturated carbocycles. The van der Waals surface area contributed by atoms with Gasteiger partial charge in [-0.2, -0.15) is 0 Å². The fourth-order valence-electron chi connectivity index (χ4n) is 1.72. The number of β-amino-alcohol motifs (C(OH)–C–C–N with tert-alkyl or cyclic N) is 1. The molecule has 1 fully saturated rings. The van der Waals surface area contributed by atoms with Crippen LogP contribution in [0.4, 0.5) is 5.69 Å². The number of carboxylic acids is 3. The molecule has 0 unspecified atom stereocenters. The van der Waals surface area contributed by atoms with Gasteiger partial charge in [0.2, 0.25) is 0 Å². The second-order valence-electron chi connectivity index (χ2n) is 5.01. The van der Waals surface area contributed by atoms with Crippen molar-refractivity contribution >= 4 is 23.6 Å². The summed E-state index contributed by atoms with van der Waals surface area (Å²) in [5.41, 5.74) is 10.6. The smallest absolute Gasteiger partial charge is 0.337 e. The van der Waals surface area contributed by atoms with Gasteiger partial charge in [-0.25, -0.2) is 4.79 Å². The lowest BCUT2D eigenvalue weighted by Crippen LogP contribution is -2.29. The van der Waals surface area contributed by atoms with Gasteiger partial charge in [-0.15, -0.1) is 0 Å². The number of nitrogen functional groups attached to an aromatic ring is 1. The van der Waals surface area contributed by atoms with E-state index in [0.29, 0.717) is 18.7 Å². The van der Waals surface area contributed by atoms with Crippen LogP contribution in [0.1, 0.15) is 23.2 Å². The van der Waals surface area contributed by atoms with Crippen molar-refractivity contribution in [1.29, 1.82) is 0 Å². The van der Waals surface area contributed by atoms with E-state index in [1.165, 1.54) is 6.07 Å². The van der Waals surface area contributed by atoms with Crippen LogP contribution < -0.4 is 16.8 Å². The zero-order chi connectivity index (χ0) is 19.4. The van der Waals surface area contributed by atoms with E-state index >= 15 is 0 Å². The Labute approximate surface area is 144 Å². The molecule has 0 amide bonds. The number of hydrogen-bond acceptors (Lipinski definition) is 7. The molecule has 25 heavy (non-hydrogen) atoms. The van der Waals surface area contributed by atoms with E-state index < -0.39 is 30.1 Å². The third-order valence-corrected chi connectivity index (χ3v) is 2.96. The first-order valence-electron chi connectivity index (χ1n) is 7.32. The van der Waals surface area contributed by atoms with Gasteiger partial charge in [-0.3, -0.25) is 9.59 Å². The number of nitrogens with two attached hydrogens (primary N) is 2. The van der Waals surface area contributed by atoms with Gasteiger partial charge in [-0.05, 0) is 12.1 Å². The molecule has 0 aliphatic carbocycles. The quantitative estimate of drug-likeness (QED) is 0.334. The zero-order valence-corrected chi connectivity index (χ0v) is 13.5. The zero-order valence-electron chi connectivity index (χ0n) is 13.5. The van der Waals surface area contributed by atoms with Gasteiger partial charge >= 0.3 is 17.9 Å². The third kappa shape index (κ3) is 9.91. The average molecular weight is 357 g/mol. The highest BCUT2D eigenvalue weighted by atomic mass is 16.4. The predicted octanol–water partition coefficient (Wildman–Crippen LogP) is -0.819. The Morgan fingerprint density at radius 3 is 2.00 bits per heavy atom. The monoisotopic (exact) mass is 357 g/mol. The van der Waals surface area contributed by atoms with Crippen LogP contribution in [0.5, 0.6) is 0 Å². The molecule has 1 aliphatic rings. The number of aliphatic carboxylic acids is 2. The molecular weight excluding hydrogens is 334 g/mol. The fraction of sp³-hybridized carbons (Fsp3) is 0.400. The number of aliphatic hydroxyl groups is 1. The Kier molecular flexibility index (Phi) is 10.5. The number of para-hydroxylation sites is 1. The summed E-state index contributed by atoms with van der Waals surface area (Å²) in [6, 6.07) is 5.82. The molecule has 1 saturated heterocycles. The van der Waals surface area contributed by atoms with E-state index in [2.05, 4.69) is 5.32 Å². The number of aliphatic hydroxyl groups excluding tert-OH is 1. The molecule has 0 spiro atoms. The molecular formula is C15H23N3O7. The van der Waals surface area contributed by atoms with Gasteiger partial charge in [-0.1, -0.05) is 12.1 Å². The highest BCUT2D eigenvalue weighted by Crippen LogP contribution is 2.09. The Morgan fingerprint density at radius 2 is 1.76 bits per heavy atom. The average Bonchev–Trinajstić information content (AvgIpc) is 2.95. The first-order chi connectivity index (χ1) is 11.7. The summed E-state index contributed by atoms with van der Waals surface area (Å²) in [4.78, 5) is 30.0. The largest absolute Gasteiger partial charge is 0.481 e. The molecule has 1 aromatic carbocycles. The van der Waals surface area contributed by atoms with Crippen molar-refractivity contribution in [3.63, 3.8) is 0 Å². The summed E-state index contributed by atoms with van der Waals surface area (Å²) in [5, 5.41) is 36.2. The minimum atomic E-state index is -0.988. The number of hydrogen-bond donors (Lipinski definition) is 7. The molecule has 0 radical (unpaired) electrons. The van der Waals surface area contributed by atoms with E-state index in [0.717, 1.165) is 0 Å². The Balaban J connectivity index is 0.000000358. The summed E-state index contributed by atoms with van der Waals surface area (Å²) >= 11 is 0. The highest BCUT2D eigenvalue weighted by Gasteiger charge is 2.27. The minimum Gasteiger partial charge on any atom is -0.481 e. The van der Waals surface area contributed by atoms with Crippen molar-refractivity contribution in [2.75, 3.05) is 18.8 Å². The standard InChI is InChI=1S/C7H7NO2.C5H9NO3.C3H7NO2/c8-6-4-2-1-3-5(6)7(9)10;7-3-1-4(5(8)9)6-2-3;4-2-1-3(5)6/h1-4H,8H2,(H,9,10);3-4,6-7H,1-2H2,(H,8,9);1-2,4H2,(H,5,6)/t;3-,4+;/m.1./s1. The molecule has 2 rings (SSSR count). The maximum Gasteiger partial charge on any atom is 0.337 e. The van der Waals surface area contributed by atoms with Crippen molar-refractivity contribution < 1.29 is 34.8 Å². The van der Waals surface area contributed by atoms with E-state index in [1.54, 1.807) is 18.2 Å². The lowest BCUT2D eigenvalue weighted by atomic mass is 10.2. The number of carboxylic acid groups (broad SMARTS) is 3. The number of rotatable bonds is 4. The third-order valence-electron chi connectivity index (χ3n) is 2.96. The highest BCUT2D eigenvalue weighted by molar-refractivity contribution is 5.93. The van der Waals surface area contributed by atoms with E-state index in [4.69, 9.17) is 31.9 Å². The van der Waals surface area contributed by atoms with Crippen LogP contribution >= 0.6 is 0 Å². The number of anilines is 1. The summed E-state index contributed by atoms with van der Waals surface area (Å²) in [7, 11) is 0. The molecule has 0 aromatic heterocycles. The van der Waals surface area contributed by atoms with Gasteiger partial charge in [0.15, 0.2) is 0 Å². The number of aromatic carboxylic acids is 1. The maximum absolute atomic E-state index is 10.3. The lowest BCUT2D eigenvalue weighted by molar-refractivity contribution is -0.139. The lowest BCUT2D eigenvalue weighted by Gasteiger charge is -1.99. The van der Waals surface area contributed by atoms with E-state index in [1.807, 2.05) is 0 Å². The second kappa shape index (κ2) is 11.8. The van der Waals surface area contributed by atoms with Crippen molar-refractivity contribution in [2.24, 2.45) is 5.73 Å². The summed E-state index contributed by atoms with van der Waals surface area (Å²) in [6.07, 6.45) is -0.0823. The normalized spacial score (nSPS) is 18.2. The number of nitrogens with one attached hydrogen (secondary N) is 1. The minimum absolute atomic E-state index is 0.0694. The van der Waals surface area contributed by atoms with Crippen LogP contribution in [-0.2, 0) is 9.59 Å². The molecule has 0 bridgehead atoms. The SMILES string of the molecule is NCCC(=O)O.Nc1ccccc1C(=O)O.O=C(O)[C@@H]1C[C@@H](O)CN1. The summed E-state index contributed by atoms with van der Waals surface area (Å²) < 4.78 is 0. The van der Waals surface area contributed by atoms with Crippen LogP contribution in [0.25, 0.3) is 0 Å². The van der Waals surface area contributed by atoms with Crippen LogP contribution in [0.2, 0.25) is 0 Å². The van der Waals surface area contributed by atoms with Crippen molar-refractivity contribution in [3.05, 3.63) is 29.8 Å². The molecule has 140 valence electrons. The summed E-state index contributed by atoms with van der Waals surface area (Å²) in [5.74, 6) is -2.71. The number of benzene rings is 1. The first kappa shape index (κ1) is 22.3. The summed E-state index contributed by atoms with van der Waals surface area (Å²) in [6.45, 7) is 0.631. The Morgan fingerprint density at radius 1 is 1.16 bits per heavy atom. The Hall–Kier alpha value is -2.69. The van der Waals surface area contributed by atoms with E-state index in [9.17, 15) is 14.4 Å². The van der Waals surface area contributed by atoms with Gasteiger partial charge in [0.1, 0.15) is 6.04 Å². The number of carbonyl (C=O) groups is 3. The molecule has 10 nitrogen and oxygen atoms in total. The second-order valence-corrected chi connectivity index (χ2v) is 5.01. The maximum atomic E-state index is 10.3. The van der Waals surface area contributed by atoms with Gasteiger partial charge in [0.05, 0.1) is 18.1 Å². The first-order valence-corrected chi connectivity index (χ1v) is 7.32. The van der Waals surface area contributed by atoms with Gasteiger partial charge in [0.25, 0.3) is 0 Å². The van der Waals surface area contributed by atoms with Crippen LogP contribution in [0.3, 0.4) is 0 Å². The topological polar surface area (TPSA) is 196 Å². The van der Waals surface area contributed by atoms with E-state index in [-0.39, 0.29) is 18.5 Å².